The van der Waals surface area contributed by atoms with Gasteiger partial charge in [-0.15, -0.1) is 0 Å². The van der Waals surface area contributed by atoms with E-state index in [4.69, 9.17) is 11.6 Å². The third-order valence-corrected chi connectivity index (χ3v) is 3.88. The van der Waals surface area contributed by atoms with Gasteiger partial charge in [0, 0.05) is 22.2 Å². The van der Waals surface area contributed by atoms with Crippen molar-refractivity contribution in [3.05, 3.63) is 51.0 Å². The zero-order valence-electron chi connectivity index (χ0n) is 11.1. The van der Waals surface area contributed by atoms with Crippen molar-refractivity contribution in [1.29, 1.82) is 0 Å². The highest BCUT2D eigenvalue weighted by Gasteiger charge is 2.09. The van der Waals surface area contributed by atoms with Crippen molar-refractivity contribution in [3.63, 3.8) is 0 Å². The Hall–Kier alpha value is -0.840. The van der Waals surface area contributed by atoms with Crippen molar-refractivity contribution in [2.75, 3.05) is 6.54 Å². The van der Waals surface area contributed by atoms with Crippen LogP contribution in [0.1, 0.15) is 24.0 Å². The van der Waals surface area contributed by atoms with E-state index in [0.717, 1.165) is 40.5 Å². The monoisotopic (exact) mass is 341 g/mol. The summed E-state index contributed by atoms with van der Waals surface area (Å²) in [5, 5.41) is 4.10. The van der Waals surface area contributed by atoms with Gasteiger partial charge in [0.25, 0.3) is 0 Å². The smallest absolute Gasteiger partial charge is 0.106 e. The Labute approximate surface area is 127 Å². The van der Waals surface area contributed by atoms with Crippen LogP contribution in [0.2, 0.25) is 5.02 Å². The summed E-state index contributed by atoms with van der Waals surface area (Å²) in [7, 11) is 0. The second-order valence-corrected chi connectivity index (χ2v) is 5.72. The highest BCUT2D eigenvalue weighted by Crippen LogP contribution is 2.23. The molecule has 0 fully saturated rings. The summed E-state index contributed by atoms with van der Waals surface area (Å²) < 4.78 is 3.19. The van der Waals surface area contributed by atoms with Crippen LogP contribution in [0.25, 0.3) is 0 Å². The third kappa shape index (κ3) is 3.59. The minimum Gasteiger partial charge on any atom is -0.327 e. The number of benzene rings is 1. The standard InChI is InChI=1S/C14H17BrClN3/c1-3-17-7-13-8-18-10(2)19(13)9-11-4-5-12(15)6-14(11)16/h4-6,8,17H,3,7,9H2,1-2H3. The number of imidazole rings is 1. The van der Waals surface area contributed by atoms with E-state index in [1.165, 1.54) is 5.69 Å². The second kappa shape index (κ2) is 6.55. The summed E-state index contributed by atoms with van der Waals surface area (Å²) in [5.41, 5.74) is 2.28. The average molecular weight is 343 g/mol. The lowest BCUT2D eigenvalue weighted by Crippen LogP contribution is -2.16. The molecule has 0 aliphatic carbocycles. The molecule has 3 nitrogen and oxygen atoms in total. The van der Waals surface area contributed by atoms with Crippen LogP contribution in [-0.4, -0.2) is 16.1 Å². The molecular weight excluding hydrogens is 326 g/mol. The topological polar surface area (TPSA) is 29.9 Å². The van der Waals surface area contributed by atoms with Crippen LogP contribution in [0.15, 0.2) is 28.9 Å². The van der Waals surface area contributed by atoms with Gasteiger partial charge in [-0.05, 0) is 31.2 Å². The lowest BCUT2D eigenvalue weighted by molar-refractivity contribution is 0.646. The molecule has 2 rings (SSSR count). The summed E-state index contributed by atoms with van der Waals surface area (Å²) in [6.07, 6.45) is 1.92. The molecule has 1 aromatic carbocycles. The van der Waals surface area contributed by atoms with Crippen LogP contribution in [0.3, 0.4) is 0 Å². The van der Waals surface area contributed by atoms with E-state index in [0.29, 0.717) is 0 Å². The molecule has 102 valence electrons. The molecule has 19 heavy (non-hydrogen) atoms. The van der Waals surface area contributed by atoms with E-state index in [9.17, 15) is 0 Å². The minimum absolute atomic E-state index is 0.749. The van der Waals surface area contributed by atoms with Crippen molar-refractivity contribution < 1.29 is 0 Å². The lowest BCUT2D eigenvalue weighted by atomic mass is 10.2. The Bertz CT molecular complexity index is 566. The normalized spacial score (nSPS) is 10.9. The van der Waals surface area contributed by atoms with Crippen LogP contribution >= 0.6 is 27.5 Å². The second-order valence-electron chi connectivity index (χ2n) is 4.40. The van der Waals surface area contributed by atoms with Gasteiger partial charge >= 0.3 is 0 Å². The number of rotatable bonds is 5. The van der Waals surface area contributed by atoms with Crippen LogP contribution < -0.4 is 5.32 Å². The Morgan fingerprint density at radius 1 is 1.42 bits per heavy atom. The van der Waals surface area contributed by atoms with Gasteiger partial charge in [-0.1, -0.05) is 40.5 Å². The Morgan fingerprint density at radius 2 is 2.21 bits per heavy atom. The summed E-state index contributed by atoms with van der Waals surface area (Å²) in [6.45, 7) is 6.63. The van der Waals surface area contributed by atoms with Gasteiger partial charge in [-0.25, -0.2) is 4.98 Å². The van der Waals surface area contributed by atoms with E-state index in [2.05, 4.69) is 37.7 Å². The number of halogens is 2. The fraction of sp³-hybridized carbons (Fsp3) is 0.357. The van der Waals surface area contributed by atoms with Crippen LogP contribution in [-0.2, 0) is 13.1 Å². The van der Waals surface area contributed by atoms with Gasteiger partial charge in [-0.3, -0.25) is 0 Å². The molecule has 0 saturated carbocycles. The zero-order chi connectivity index (χ0) is 13.8. The van der Waals surface area contributed by atoms with Crippen LogP contribution in [0.4, 0.5) is 0 Å². The van der Waals surface area contributed by atoms with Gasteiger partial charge in [-0.2, -0.15) is 0 Å². The van der Waals surface area contributed by atoms with Gasteiger partial charge in [0.1, 0.15) is 5.82 Å². The molecule has 1 N–H and O–H groups in total. The first kappa shape index (κ1) is 14.6. The first-order valence-corrected chi connectivity index (χ1v) is 7.44. The first-order valence-electron chi connectivity index (χ1n) is 6.27. The molecule has 0 aliphatic heterocycles. The fourth-order valence-electron chi connectivity index (χ4n) is 1.95. The molecule has 1 aromatic heterocycles. The number of aromatic nitrogens is 2. The largest absolute Gasteiger partial charge is 0.327 e. The molecule has 0 unspecified atom stereocenters. The van der Waals surface area contributed by atoms with Crippen LogP contribution in [0, 0.1) is 6.92 Å². The molecule has 0 aliphatic rings. The number of hydrogen-bond acceptors (Lipinski definition) is 2. The highest BCUT2D eigenvalue weighted by molar-refractivity contribution is 9.10. The Balaban J connectivity index is 2.24. The zero-order valence-corrected chi connectivity index (χ0v) is 13.4. The maximum atomic E-state index is 6.28. The van der Waals surface area contributed by atoms with E-state index in [-0.39, 0.29) is 0 Å². The predicted molar refractivity (Wildman–Crippen MR) is 82.6 cm³/mol. The molecule has 0 amide bonds. The van der Waals surface area contributed by atoms with Gasteiger partial charge in [0.2, 0.25) is 0 Å². The molecule has 0 spiro atoms. The molecule has 0 saturated heterocycles. The molecule has 0 radical (unpaired) electrons. The average Bonchev–Trinajstić information content (AvgIpc) is 2.71. The Morgan fingerprint density at radius 3 is 2.89 bits per heavy atom. The molecular formula is C14H17BrClN3. The predicted octanol–water partition coefficient (Wildman–Crippen LogP) is 3.77. The number of nitrogens with one attached hydrogen (secondary N) is 1. The summed E-state index contributed by atoms with van der Waals surface area (Å²) in [5.74, 6) is 1.01. The highest BCUT2D eigenvalue weighted by atomic mass is 79.9. The first-order chi connectivity index (χ1) is 9.11. The quantitative estimate of drug-likeness (QED) is 0.896. The summed E-state index contributed by atoms with van der Waals surface area (Å²) in [6, 6.07) is 5.98. The maximum absolute atomic E-state index is 6.28. The van der Waals surface area contributed by atoms with Gasteiger partial charge in [0.15, 0.2) is 0 Å². The van der Waals surface area contributed by atoms with Crippen molar-refractivity contribution in [2.45, 2.75) is 26.9 Å². The minimum atomic E-state index is 0.749. The molecule has 0 bridgehead atoms. The van der Waals surface area contributed by atoms with Crippen molar-refractivity contribution >= 4 is 27.5 Å². The van der Waals surface area contributed by atoms with Gasteiger partial charge in [0.05, 0.1) is 12.2 Å². The van der Waals surface area contributed by atoms with E-state index in [1.54, 1.807) is 0 Å². The number of aryl methyl sites for hydroxylation is 1. The number of hydrogen-bond donors (Lipinski definition) is 1. The fourth-order valence-corrected chi connectivity index (χ4v) is 2.68. The van der Waals surface area contributed by atoms with E-state index in [1.807, 2.05) is 31.3 Å². The molecule has 2 aromatic rings. The van der Waals surface area contributed by atoms with Crippen molar-refractivity contribution in [3.8, 4) is 0 Å². The lowest BCUT2D eigenvalue weighted by Gasteiger charge is -2.12. The van der Waals surface area contributed by atoms with Crippen molar-refractivity contribution in [2.24, 2.45) is 0 Å². The van der Waals surface area contributed by atoms with E-state index < -0.39 is 0 Å². The van der Waals surface area contributed by atoms with E-state index >= 15 is 0 Å². The van der Waals surface area contributed by atoms with Crippen LogP contribution in [0.5, 0.6) is 0 Å². The molecule has 5 heteroatoms. The summed E-state index contributed by atoms with van der Waals surface area (Å²) >= 11 is 9.70. The molecule has 0 atom stereocenters. The number of nitrogens with zero attached hydrogens (tertiary/aromatic N) is 2. The SMILES string of the molecule is CCNCc1cnc(C)n1Cc1ccc(Br)cc1Cl. The van der Waals surface area contributed by atoms with Gasteiger partial charge < -0.3 is 9.88 Å². The Kier molecular flexibility index (Phi) is 5.02. The molecule has 1 heterocycles. The third-order valence-electron chi connectivity index (χ3n) is 3.04. The maximum Gasteiger partial charge on any atom is 0.106 e. The summed E-state index contributed by atoms with van der Waals surface area (Å²) in [4.78, 5) is 4.38. The van der Waals surface area contributed by atoms with Crippen molar-refractivity contribution in [1.82, 2.24) is 14.9 Å².